The summed E-state index contributed by atoms with van der Waals surface area (Å²) in [6.45, 7) is 3.24. The van der Waals surface area contributed by atoms with Gasteiger partial charge in [0.2, 0.25) is 0 Å². The molecule has 124 valence electrons. The maximum Gasteiger partial charge on any atom is 0.0935 e. The van der Waals surface area contributed by atoms with Crippen LogP contribution >= 0.6 is 0 Å². The quantitative estimate of drug-likeness (QED) is 0.672. The minimum atomic E-state index is 0.304. The van der Waals surface area contributed by atoms with Crippen LogP contribution < -0.4 is 4.90 Å². The molecular weight excluding hydrogens is 290 g/mol. The first-order valence-corrected chi connectivity index (χ1v) is 9.27. The number of rotatable bonds is 4. The van der Waals surface area contributed by atoms with Crippen LogP contribution in [0.1, 0.15) is 44.6 Å². The Morgan fingerprint density at radius 3 is 2.17 bits per heavy atom. The van der Waals surface area contributed by atoms with Crippen molar-refractivity contribution in [2.75, 3.05) is 11.4 Å². The molecule has 0 saturated heterocycles. The molecular formula is C23H27N. The van der Waals surface area contributed by atoms with E-state index in [1.807, 2.05) is 6.07 Å². The first-order valence-electron chi connectivity index (χ1n) is 9.27. The van der Waals surface area contributed by atoms with Gasteiger partial charge in [0.05, 0.1) is 6.04 Å². The van der Waals surface area contributed by atoms with Crippen LogP contribution in [0.15, 0.2) is 60.7 Å². The second kappa shape index (κ2) is 8.60. The van der Waals surface area contributed by atoms with E-state index in [0.29, 0.717) is 12.0 Å². The number of hydrogen-bond acceptors (Lipinski definition) is 1. The molecule has 0 bridgehead atoms. The van der Waals surface area contributed by atoms with Crippen molar-refractivity contribution in [3.8, 4) is 11.8 Å². The van der Waals surface area contributed by atoms with Crippen LogP contribution in [-0.2, 0) is 0 Å². The summed E-state index contributed by atoms with van der Waals surface area (Å²) in [5, 5.41) is 0. The van der Waals surface area contributed by atoms with Gasteiger partial charge in [0.25, 0.3) is 0 Å². The van der Waals surface area contributed by atoms with Crippen LogP contribution in [0.4, 0.5) is 5.69 Å². The number of para-hydroxylation sites is 1. The van der Waals surface area contributed by atoms with E-state index >= 15 is 0 Å². The van der Waals surface area contributed by atoms with Crippen LogP contribution in [-0.4, -0.2) is 12.6 Å². The lowest BCUT2D eigenvalue weighted by Gasteiger charge is -2.36. The van der Waals surface area contributed by atoms with Crippen molar-refractivity contribution in [1.82, 2.24) is 0 Å². The Bertz CT molecular complexity index is 659. The van der Waals surface area contributed by atoms with Crippen molar-refractivity contribution in [3.63, 3.8) is 0 Å². The molecule has 0 amide bonds. The zero-order chi connectivity index (χ0) is 16.6. The third kappa shape index (κ3) is 4.20. The standard InChI is InChI=1S/C23H27N/c1-2-24(22-16-10-5-11-17-22)23(21-14-8-4-9-15-21)19-18-20-12-6-3-7-13-20/h3,5-7,10-13,16-17,21,23H,2,4,8-9,14-15H2,1H3. The zero-order valence-electron chi connectivity index (χ0n) is 14.6. The lowest BCUT2D eigenvalue weighted by Crippen LogP contribution is -2.40. The lowest BCUT2D eigenvalue weighted by molar-refractivity contribution is 0.328. The highest BCUT2D eigenvalue weighted by molar-refractivity contribution is 5.50. The second-order valence-electron chi connectivity index (χ2n) is 6.60. The van der Waals surface area contributed by atoms with Gasteiger partial charge in [-0.3, -0.25) is 0 Å². The van der Waals surface area contributed by atoms with E-state index in [1.165, 1.54) is 37.8 Å². The number of nitrogens with zero attached hydrogens (tertiary/aromatic N) is 1. The van der Waals surface area contributed by atoms with E-state index in [0.717, 1.165) is 12.1 Å². The van der Waals surface area contributed by atoms with E-state index in [2.05, 4.69) is 78.3 Å². The summed E-state index contributed by atoms with van der Waals surface area (Å²) in [4.78, 5) is 2.49. The SMILES string of the molecule is CCN(c1ccccc1)C(C#Cc1ccccc1)C1CCCCC1. The predicted molar refractivity (Wildman–Crippen MR) is 103 cm³/mol. The maximum atomic E-state index is 3.63. The third-order valence-electron chi connectivity index (χ3n) is 5.00. The van der Waals surface area contributed by atoms with Gasteiger partial charge in [-0.2, -0.15) is 0 Å². The molecule has 3 rings (SSSR count). The van der Waals surface area contributed by atoms with Gasteiger partial charge in [0, 0.05) is 17.8 Å². The largest absolute Gasteiger partial charge is 0.358 e. The van der Waals surface area contributed by atoms with Crippen LogP contribution in [0.25, 0.3) is 0 Å². The Hall–Kier alpha value is -2.20. The molecule has 0 radical (unpaired) electrons. The highest BCUT2D eigenvalue weighted by Gasteiger charge is 2.27. The summed E-state index contributed by atoms with van der Waals surface area (Å²) < 4.78 is 0. The molecule has 2 aromatic carbocycles. The predicted octanol–water partition coefficient (Wildman–Crippen LogP) is 5.51. The summed E-state index contributed by atoms with van der Waals surface area (Å²) in [6, 6.07) is 21.4. The topological polar surface area (TPSA) is 3.24 Å². The van der Waals surface area contributed by atoms with Gasteiger partial charge < -0.3 is 4.90 Å². The van der Waals surface area contributed by atoms with E-state index in [-0.39, 0.29) is 0 Å². The molecule has 1 nitrogen and oxygen atoms in total. The molecule has 1 aliphatic rings. The van der Waals surface area contributed by atoms with Gasteiger partial charge in [0.1, 0.15) is 0 Å². The zero-order valence-corrected chi connectivity index (χ0v) is 14.6. The molecule has 0 heterocycles. The Labute approximate surface area is 146 Å². The fourth-order valence-electron chi connectivity index (χ4n) is 3.74. The van der Waals surface area contributed by atoms with Crippen molar-refractivity contribution < 1.29 is 0 Å². The Kier molecular flexibility index (Phi) is 5.96. The summed E-state index contributed by atoms with van der Waals surface area (Å²) in [6.07, 6.45) is 6.68. The van der Waals surface area contributed by atoms with Gasteiger partial charge in [-0.05, 0) is 49.9 Å². The highest BCUT2D eigenvalue weighted by Crippen LogP contribution is 2.31. The Morgan fingerprint density at radius 2 is 1.54 bits per heavy atom. The first kappa shape index (κ1) is 16.7. The molecule has 1 aliphatic carbocycles. The molecule has 2 aromatic rings. The smallest absolute Gasteiger partial charge is 0.0935 e. The lowest BCUT2D eigenvalue weighted by atomic mass is 9.83. The van der Waals surface area contributed by atoms with Crippen molar-refractivity contribution in [2.45, 2.75) is 45.1 Å². The average Bonchev–Trinajstić information content (AvgIpc) is 2.67. The van der Waals surface area contributed by atoms with Crippen LogP contribution in [0, 0.1) is 17.8 Å². The van der Waals surface area contributed by atoms with Crippen molar-refractivity contribution >= 4 is 5.69 Å². The molecule has 0 aliphatic heterocycles. The molecule has 1 fully saturated rings. The van der Waals surface area contributed by atoms with Crippen LogP contribution in [0.3, 0.4) is 0 Å². The Morgan fingerprint density at radius 1 is 0.917 bits per heavy atom. The number of hydrogen-bond donors (Lipinski definition) is 0. The van der Waals surface area contributed by atoms with E-state index in [1.54, 1.807) is 0 Å². The maximum absolute atomic E-state index is 3.63. The molecule has 1 unspecified atom stereocenters. The fourth-order valence-corrected chi connectivity index (χ4v) is 3.74. The molecule has 0 spiro atoms. The molecule has 1 saturated carbocycles. The average molecular weight is 317 g/mol. The summed E-state index contributed by atoms with van der Waals surface area (Å²) in [7, 11) is 0. The Balaban J connectivity index is 1.90. The van der Waals surface area contributed by atoms with Crippen molar-refractivity contribution in [2.24, 2.45) is 5.92 Å². The van der Waals surface area contributed by atoms with Crippen LogP contribution in [0.5, 0.6) is 0 Å². The van der Waals surface area contributed by atoms with Gasteiger partial charge in [-0.25, -0.2) is 0 Å². The van der Waals surface area contributed by atoms with Gasteiger partial charge in [-0.1, -0.05) is 67.5 Å². The summed E-state index contributed by atoms with van der Waals surface area (Å²) in [5.41, 5.74) is 2.40. The number of benzene rings is 2. The fraction of sp³-hybridized carbons (Fsp3) is 0.391. The van der Waals surface area contributed by atoms with Gasteiger partial charge in [-0.15, -0.1) is 0 Å². The van der Waals surface area contributed by atoms with Crippen molar-refractivity contribution in [1.29, 1.82) is 0 Å². The third-order valence-corrected chi connectivity index (χ3v) is 5.00. The highest BCUT2D eigenvalue weighted by atomic mass is 15.2. The number of anilines is 1. The van der Waals surface area contributed by atoms with E-state index in [9.17, 15) is 0 Å². The second-order valence-corrected chi connectivity index (χ2v) is 6.60. The summed E-state index contributed by atoms with van der Waals surface area (Å²) in [5.74, 6) is 7.74. The minimum absolute atomic E-state index is 0.304. The van der Waals surface area contributed by atoms with E-state index in [4.69, 9.17) is 0 Å². The van der Waals surface area contributed by atoms with Crippen LogP contribution in [0.2, 0.25) is 0 Å². The molecule has 0 aromatic heterocycles. The minimum Gasteiger partial charge on any atom is -0.358 e. The van der Waals surface area contributed by atoms with Gasteiger partial charge in [0.15, 0.2) is 0 Å². The molecule has 0 N–H and O–H groups in total. The monoisotopic (exact) mass is 317 g/mol. The molecule has 24 heavy (non-hydrogen) atoms. The van der Waals surface area contributed by atoms with Gasteiger partial charge >= 0.3 is 0 Å². The molecule has 1 atom stereocenters. The first-order chi connectivity index (χ1) is 11.9. The summed E-state index contributed by atoms with van der Waals surface area (Å²) >= 11 is 0. The van der Waals surface area contributed by atoms with Crippen molar-refractivity contribution in [3.05, 3.63) is 66.2 Å². The normalized spacial score (nSPS) is 16.0. The molecule has 1 heteroatoms. The van der Waals surface area contributed by atoms with E-state index < -0.39 is 0 Å².